The Morgan fingerprint density at radius 3 is 2.18 bits per heavy atom. The lowest BCUT2D eigenvalue weighted by molar-refractivity contribution is -0.128. The Balaban J connectivity index is 1.37. The van der Waals surface area contributed by atoms with Crippen molar-refractivity contribution in [3.8, 4) is 0 Å². The number of amides is 1. The number of aliphatic hydroxyl groups is 1. The van der Waals surface area contributed by atoms with Crippen LogP contribution in [0.4, 0.5) is 0 Å². The van der Waals surface area contributed by atoms with E-state index in [1.165, 1.54) is 0 Å². The monoisotopic (exact) mass is 480 g/mol. The van der Waals surface area contributed by atoms with E-state index in [1.807, 2.05) is 60.7 Å². The van der Waals surface area contributed by atoms with Gasteiger partial charge in [-0.2, -0.15) is 0 Å². The summed E-state index contributed by atoms with van der Waals surface area (Å²) >= 11 is 0. The van der Waals surface area contributed by atoms with E-state index in [0.29, 0.717) is 25.7 Å². The van der Waals surface area contributed by atoms with Crippen molar-refractivity contribution in [2.45, 2.75) is 62.1 Å². The number of hydrogen-bond donors (Lipinski definition) is 3. The highest BCUT2D eigenvalue weighted by atomic mass is 32.2. The van der Waals surface area contributed by atoms with Gasteiger partial charge in [-0.15, -0.1) is 0 Å². The van der Waals surface area contributed by atoms with E-state index in [-0.39, 0.29) is 22.8 Å². The molecule has 0 aromatic heterocycles. The van der Waals surface area contributed by atoms with Gasteiger partial charge in [0, 0.05) is 12.0 Å². The van der Waals surface area contributed by atoms with Crippen LogP contribution in [-0.4, -0.2) is 31.1 Å². The Kier molecular flexibility index (Phi) is 7.07. The zero-order valence-electron chi connectivity index (χ0n) is 19.6. The summed E-state index contributed by atoms with van der Waals surface area (Å²) in [5.74, 6) is -0.318. The van der Waals surface area contributed by atoms with Crippen molar-refractivity contribution in [3.63, 3.8) is 0 Å². The average molecular weight is 481 g/mol. The predicted molar refractivity (Wildman–Crippen MR) is 134 cm³/mol. The van der Waals surface area contributed by atoms with E-state index in [4.69, 9.17) is 0 Å². The SMILES string of the molecule is CC(C)(O)[C@@H](NC(=O)C1CCC(NS(=O)(=O)c2ccc3ccccc3c2)CC1)c1ccccc1. The van der Waals surface area contributed by atoms with E-state index in [0.717, 1.165) is 16.3 Å². The Hall–Kier alpha value is -2.74. The smallest absolute Gasteiger partial charge is 0.240 e. The fourth-order valence-corrected chi connectivity index (χ4v) is 6.01. The highest BCUT2D eigenvalue weighted by Gasteiger charge is 2.34. The molecule has 1 aliphatic carbocycles. The topological polar surface area (TPSA) is 95.5 Å². The second-order valence-corrected chi connectivity index (χ2v) is 11.4. The third-order valence-electron chi connectivity index (χ3n) is 6.58. The molecule has 1 atom stereocenters. The first kappa shape index (κ1) is 24.4. The number of carbonyl (C=O) groups is 1. The Morgan fingerprint density at radius 2 is 1.53 bits per heavy atom. The van der Waals surface area contributed by atoms with Crippen molar-refractivity contribution >= 4 is 26.7 Å². The summed E-state index contributed by atoms with van der Waals surface area (Å²) < 4.78 is 28.7. The molecule has 1 amide bonds. The van der Waals surface area contributed by atoms with E-state index < -0.39 is 21.7 Å². The zero-order valence-corrected chi connectivity index (χ0v) is 20.4. The molecule has 34 heavy (non-hydrogen) atoms. The second kappa shape index (κ2) is 9.86. The van der Waals surface area contributed by atoms with Crippen LogP contribution in [0.1, 0.15) is 51.1 Å². The molecule has 180 valence electrons. The third-order valence-corrected chi connectivity index (χ3v) is 8.10. The minimum Gasteiger partial charge on any atom is -0.388 e. The van der Waals surface area contributed by atoms with Crippen LogP contribution in [0.2, 0.25) is 0 Å². The van der Waals surface area contributed by atoms with Crippen molar-refractivity contribution in [2.24, 2.45) is 5.92 Å². The molecule has 3 aromatic carbocycles. The number of rotatable bonds is 7. The van der Waals surface area contributed by atoms with E-state index in [9.17, 15) is 18.3 Å². The number of sulfonamides is 1. The summed E-state index contributed by atoms with van der Waals surface area (Å²) in [7, 11) is -3.65. The summed E-state index contributed by atoms with van der Waals surface area (Å²) in [6, 6.07) is 21.5. The number of benzene rings is 3. The van der Waals surface area contributed by atoms with Crippen LogP contribution in [0.5, 0.6) is 0 Å². The van der Waals surface area contributed by atoms with Crippen LogP contribution in [0.3, 0.4) is 0 Å². The molecule has 0 spiro atoms. The van der Waals surface area contributed by atoms with Gasteiger partial charge in [0.1, 0.15) is 0 Å². The maximum absolute atomic E-state index is 13.0. The summed E-state index contributed by atoms with van der Waals surface area (Å²) in [6.07, 6.45) is 2.35. The lowest BCUT2D eigenvalue weighted by atomic mass is 9.84. The highest BCUT2D eigenvalue weighted by molar-refractivity contribution is 7.89. The van der Waals surface area contributed by atoms with Gasteiger partial charge >= 0.3 is 0 Å². The minimum atomic E-state index is -3.65. The molecule has 1 aliphatic rings. The van der Waals surface area contributed by atoms with E-state index >= 15 is 0 Å². The molecule has 0 saturated heterocycles. The summed E-state index contributed by atoms with van der Waals surface area (Å²) in [5, 5.41) is 15.5. The molecule has 4 rings (SSSR count). The normalized spacial score (nSPS) is 20.1. The zero-order chi connectivity index (χ0) is 24.3. The van der Waals surface area contributed by atoms with E-state index in [1.54, 1.807) is 26.0 Å². The molecule has 1 saturated carbocycles. The highest BCUT2D eigenvalue weighted by Crippen LogP contribution is 2.30. The molecule has 0 bridgehead atoms. The van der Waals surface area contributed by atoms with Gasteiger partial charge in [0.15, 0.2) is 0 Å². The van der Waals surface area contributed by atoms with Gasteiger partial charge < -0.3 is 10.4 Å². The lowest BCUT2D eigenvalue weighted by Crippen LogP contribution is -2.46. The first-order valence-electron chi connectivity index (χ1n) is 11.7. The van der Waals surface area contributed by atoms with Crippen LogP contribution in [0, 0.1) is 5.92 Å². The maximum atomic E-state index is 13.0. The lowest BCUT2D eigenvalue weighted by Gasteiger charge is -2.34. The molecular weight excluding hydrogens is 448 g/mol. The fourth-order valence-electron chi connectivity index (χ4n) is 4.67. The van der Waals surface area contributed by atoms with Crippen molar-refractivity contribution in [1.82, 2.24) is 10.0 Å². The molecule has 0 radical (unpaired) electrons. The van der Waals surface area contributed by atoms with Gasteiger partial charge in [0.05, 0.1) is 16.5 Å². The largest absolute Gasteiger partial charge is 0.388 e. The van der Waals surface area contributed by atoms with Crippen molar-refractivity contribution < 1.29 is 18.3 Å². The van der Waals surface area contributed by atoms with Crippen LogP contribution in [0.15, 0.2) is 77.7 Å². The minimum absolute atomic E-state index is 0.105. The molecule has 6 nitrogen and oxygen atoms in total. The molecular formula is C27H32N2O4S. The van der Waals surface area contributed by atoms with Crippen LogP contribution >= 0.6 is 0 Å². The molecule has 7 heteroatoms. The number of hydrogen-bond acceptors (Lipinski definition) is 4. The first-order valence-corrected chi connectivity index (χ1v) is 13.2. The molecule has 3 aromatic rings. The predicted octanol–water partition coefficient (Wildman–Crippen LogP) is 4.31. The molecule has 0 aliphatic heterocycles. The summed E-state index contributed by atoms with van der Waals surface area (Å²) in [6.45, 7) is 3.37. The Bertz CT molecular complexity index is 1240. The van der Waals surface area contributed by atoms with Gasteiger partial charge in [-0.1, -0.05) is 60.7 Å². The molecule has 1 fully saturated rings. The van der Waals surface area contributed by atoms with Gasteiger partial charge in [0.25, 0.3) is 0 Å². The van der Waals surface area contributed by atoms with Gasteiger partial charge in [-0.05, 0) is 68.0 Å². The molecule has 3 N–H and O–H groups in total. The van der Waals surface area contributed by atoms with Crippen LogP contribution in [0.25, 0.3) is 10.8 Å². The third kappa shape index (κ3) is 5.66. The second-order valence-electron chi connectivity index (χ2n) is 9.68. The fraction of sp³-hybridized carbons (Fsp3) is 0.370. The van der Waals surface area contributed by atoms with E-state index in [2.05, 4.69) is 10.0 Å². The number of fused-ring (bicyclic) bond motifs is 1. The molecule has 0 unspecified atom stereocenters. The standard InChI is InChI=1S/C27H32N2O4S/c1-27(2,31)25(20-9-4-3-5-10-20)28-26(30)21-12-15-23(16-13-21)29-34(32,33)24-17-14-19-8-6-7-11-22(19)18-24/h3-11,14,17-18,21,23,25,29,31H,12-13,15-16H2,1-2H3,(H,28,30)/t21?,23?,25-/m0/s1. The molecule has 0 heterocycles. The van der Waals surface area contributed by atoms with Crippen molar-refractivity contribution in [3.05, 3.63) is 78.4 Å². The number of carbonyl (C=O) groups excluding carboxylic acids is 1. The van der Waals surface area contributed by atoms with Gasteiger partial charge in [0.2, 0.25) is 15.9 Å². The Morgan fingerprint density at radius 1 is 0.912 bits per heavy atom. The van der Waals surface area contributed by atoms with Gasteiger partial charge in [-0.3, -0.25) is 4.79 Å². The quantitative estimate of drug-likeness (QED) is 0.470. The maximum Gasteiger partial charge on any atom is 0.240 e. The van der Waals surface area contributed by atoms with Crippen molar-refractivity contribution in [2.75, 3.05) is 0 Å². The van der Waals surface area contributed by atoms with Crippen LogP contribution in [-0.2, 0) is 14.8 Å². The Labute approximate surface area is 201 Å². The van der Waals surface area contributed by atoms with Crippen LogP contribution < -0.4 is 10.0 Å². The van der Waals surface area contributed by atoms with Crippen molar-refractivity contribution in [1.29, 1.82) is 0 Å². The van der Waals surface area contributed by atoms with Gasteiger partial charge in [-0.25, -0.2) is 13.1 Å². The first-order chi connectivity index (χ1) is 16.1. The average Bonchev–Trinajstić information content (AvgIpc) is 2.82. The number of nitrogens with one attached hydrogen (secondary N) is 2. The summed E-state index contributed by atoms with van der Waals surface area (Å²) in [5.41, 5.74) is -0.274. The summed E-state index contributed by atoms with van der Waals surface area (Å²) in [4.78, 5) is 13.3.